The molecule has 2 N–H and O–H groups in total. The molecule has 106 valence electrons. The van der Waals surface area contributed by atoms with Crippen molar-refractivity contribution in [3.05, 3.63) is 46.0 Å². The van der Waals surface area contributed by atoms with E-state index in [1.165, 1.54) is 18.7 Å². The quantitative estimate of drug-likeness (QED) is 0.565. The van der Waals surface area contributed by atoms with Crippen molar-refractivity contribution in [3.63, 3.8) is 0 Å². The molecule has 0 atom stereocenters. The average Bonchev–Trinajstić information content (AvgIpc) is 2.90. The Kier molecular flexibility index (Phi) is 2.98. The Hall–Kier alpha value is -3.03. The van der Waals surface area contributed by atoms with Gasteiger partial charge in [0.05, 0.1) is 11.3 Å². The van der Waals surface area contributed by atoms with Crippen LogP contribution in [0.1, 0.15) is 11.1 Å². The maximum atomic E-state index is 11.2. The third-order valence-corrected chi connectivity index (χ3v) is 3.12. The molecule has 2 heterocycles. The van der Waals surface area contributed by atoms with Gasteiger partial charge in [-0.05, 0) is 25.0 Å². The summed E-state index contributed by atoms with van der Waals surface area (Å²) in [5, 5.41) is 14.3. The lowest BCUT2D eigenvalue weighted by atomic mass is 10.1. The van der Waals surface area contributed by atoms with Crippen LogP contribution in [0.15, 0.2) is 24.8 Å². The monoisotopic (exact) mass is 284 g/mol. The van der Waals surface area contributed by atoms with E-state index in [2.05, 4.69) is 25.3 Å². The number of aromatic nitrogens is 4. The highest BCUT2D eigenvalue weighted by Gasteiger charge is 2.18. The van der Waals surface area contributed by atoms with Gasteiger partial charge in [-0.1, -0.05) is 6.07 Å². The summed E-state index contributed by atoms with van der Waals surface area (Å²) in [5.41, 5.74) is 3.14. The second kappa shape index (κ2) is 4.82. The molecule has 21 heavy (non-hydrogen) atoms. The predicted octanol–water partition coefficient (Wildman–Crippen LogP) is 2.62. The molecular formula is C13H12N6O2. The number of H-pyrrole nitrogens is 1. The third-order valence-electron chi connectivity index (χ3n) is 3.12. The molecule has 0 radical (unpaired) electrons. The molecule has 2 aromatic heterocycles. The number of nitrogens with zero attached hydrogens (tertiary/aromatic N) is 4. The van der Waals surface area contributed by atoms with E-state index < -0.39 is 4.92 Å². The molecule has 0 spiro atoms. The van der Waals surface area contributed by atoms with Crippen molar-refractivity contribution in [2.75, 3.05) is 5.32 Å². The molecule has 0 aliphatic carbocycles. The van der Waals surface area contributed by atoms with Crippen LogP contribution in [-0.4, -0.2) is 24.9 Å². The van der Waals surface area contributed by atoms with Crippen molar-refractivity contribution in [2.24, 2.45) is 0 Å². The van der Waals surface area contributed by atoms with Gasteiger partial charge in [-0.2, -0.15) is 0 Å². The number of nitro groups is 1. The fraction of sp³-hybridized carbons (Fsp3) is 0.154. The molecule has 0 fully saturated rings. The zero-order valence-corrected chi connectivity index (χ0v) is 11.4. The minimum absolute atomic E-state index is 0.0128. The molecular weight excluding hydrogens is 272 g/mol. The fourth-order valence-electron chi connectivity index (χ4n) is 2.23. The average molecular weight is 284 g/mol. The molecule has 0 saturated carbocycles. The molecule has 0 aliphatic rings. The van der Waals surface area contributed by atoms with Crippen molar-refractivity contribution >= 4 is 28.4 Å². The van der Waals surface area contributed by atoms with Gasteiger partial charge in [0.25, 0.3) is 5.69 Å². The summed E-state index contributed by atoms with van der Waals surface area (Å²) in [5.74, 6) is 0.451. The second-order valence-corrected chi connectivity index (χ2v) is 4.68. The molecule has 1 aromatic carbocycles. The molecule has 3 aromatic rings. The van der Waals surface area contributed by atoms with Crippen LogP contribution >= 0.6 is 0 Å². The fourth-order valence-corrected chi connectivity index (χ4v) is 2.23. The van der Waals surface area contributed by atoms with E-state index in [-0.39, 0.29) is 5.69 Å². The standard InChI is InChI=1S/C13H12N6O2/c1-7-3-8(2)10(9(4-7)19(20)21)18-13-11-12(15-5-14-11)16-6-17-13/h3-6H,1-2H3,(H2,14,15,16,17,18). The first-order valence-electron chi connectivity index (χ1n) is 6.23. The van der Waals surface area contributed by atoms with Crippen molar-refractivity contribution < 1.29 is 4.92 Å². The Labute approximate surface area is 119 Å². The van der Waals surface area contributed by atoms with Crippen LogP contribution in [0.4, 0.5) is 17.2 Å². The van der Waals surface area contributed by atoms with Crippen LogP contribution in [0.5, 0.6) is 0 Å². The summed E-state index contributed by atoms with van der Waals surface area (Å²) in [6.07, 6.45) is 2.86. The first kappa shape index (κ1) is 13.0. The molecule has 8 nitrogen and oxygen atoms in total. The number of fused-ring (bicyclic) bond motifs is 1. The van der Waals surface area contributed by atoms with Gasteiger partial charge in [0.1, 0.15) is 17.5 Å². The molecule has 0 saturated heterocycles. The number of anilines is 2. The van der Waals surface area contributed by atoms with Gasteiger partial charge in [-0.15, -0.1) is 0 Å². The zero-order chi connectivity index (χ0) is 15.0. The Morgan fingerprint density at radius 3 is 2.81 bits per heavy atom. The maximum Gasteiger partial charge on any atom is 0.293 e. The lowest BCUT2D eigenvalue weighted by molar-refractivity contribution is -0.384. The predicted molar refractivity (Wildman–Crippen MR) is 77.5 cm³/mol. The van der Waals surface area contributed by atoms with E-state index in [4.69, 9.17) is 0 Å². The SMILES string of the molecule is Cc1cc(C)c(Nc2ncnc3nc[nH]c23)c([N+](=O)[O-])c1. The lowest BCUT2D eigenvalue weighted by Crippen LogP contribution is -2.02. The lowest BCUT2D eigenvalue weighted by Gasteiger charge is -2.10. The summed E-state index contributed by atoms with van der Waals surface area (Å²) >= 11 is 0. The van der Waals surface area contributed by atoms with E-state index in [0.717, 1.165) is 11.1 Å². The minimum Gasteiger partial charge on any atom is -0.340 e. The van der Waals surface area contributed by atoms with Gasteiger partial charge in [0, 0.05) is 6.07 Å². The van der Waals surface area contributed by atoms with Gasteiger partial charge in [-0.3, -0.25) is 10.1 Å². The zero-order valence-electron chi connectivity index (χ0n) is 11.4. The number of nitrogens with one attached hydrogen (secondary N) is 2. The number of imidazole rings is 1. The summed E-state index contributed by atoms with van der Waals surface area (Å²) in [6.45, 7) is 3.63. The van der Waals surface area contributed by atoms with Crippen molar-refractivity contribution in [1.29, 1.82) is 0 Å². The smallest absolute Gasteiger partial charge is 0.293 e. The molecule has 0 amide bonds. The van der Waals surface area contributed by atoms with E-state index in [1.54, 1.807) is 0 Å². The highest BCUT2D eigenvalue weighted by molar-refractivity contribution is 5.86. The van der Waals surface area contributed by atoms with Crippen LogP contribution in [0, 0.1) is 24.0 Å². The van der Waals surface area contributed by atoms with Crippen LogP contribution in [0.2, 0.25) is 0 Å². The van der Waals surface area contributed by atoms with Gasteiger partial charge < -0.3 is 10.3 Å². The third kappa shape index (κ3) is 2.27. The van der Waals surface area contributed by atoms with Crippen molar-refractivity contribution in [3.8, 4) is 0 Å². The molecule has 8 heteroatoms. The minimum atomic E-state index is -0.409. The summed E-state index contributed by atoms with van der Waals surface area (Å²) < 4.78 is 0. The molecule has 0 aliphatic heterocycles. The Morgan fingerprint density at radius 1 is 1.24 bits per heavy atom. The normalized spacial score (nSPS) is 10.8. The summed E-state index contributed by atoms with van der Waals surface area (Å²) in [6, 6.07) is 3.40. The van der Waals surface area contributed by atoms with E-state index in [0.29, 0.717) is 22.7 Å². The summed E-state index contributed by atoms with van der Waals surface area (Å²) in [7, 11) is 0. The number of nitro benzene ring substituents is 1. The second-order valence-electron chi connectivity index (χ2n) is 4.68. The topological polar surface area (TPSA) is 110 Å². The van der Waals surface area contributed by atoms with Gasteiger partial charge >= 0.3 is 0 Å². The summed E-state index contributed by atoms with van der Waals surface area (Å²) in [4.78, 5) is 25.9. The number of hydrogen-bond acceptors (Lipinski definition) is 6. The Bertz CT molecular complexity index is 842. The van der Waals surface area contributed by atoms with E-state index in [9.17, 15) is 10.1 Å². The van der Waals surface area contributed by atoms with Crippen molar-refractivity contribution in [1.82, 2.24) is 19.9 Å². The maximum absolute atomic E-state index is 11.2. The first-order valence-corrected chi connectivity index (χ1v) is 6.23. The van der Waals surface area contributed by atoms with Crippen LogP contribution in [-0.2, 0) is 0 Å². The largest absolute Gasteiger partial charge is 0.340 e. The molecule has 0 unspecified atom stereocenters. The van der Waals surface area contributed by atoms with Crippen LogP contribution in [0.3, 0.4) is 0 Å². The van der Waals surface area contributed by atoms with E-state index in [1.807, 2.05) is 19.9 Å². The Balaban J connectivity index is 2.13. The van der Waals surface area contributed by atoms with Gasteiger partial charge in [0.2, 0.25) is 0 Å². The first-order chi connectivity index (χ1) is 10.1. The molecule has 3 rings (SSSR count). The van der Waals surface area contributed by atoms with Crippen LogP contribution in [0.25, 0.3) is 11.2 Å². The van der Waals surface area contributed by atoms with Crippen molar-refractivity contribution in [2.45, 2.75) is 13.8 Å². The number of rotatable bonds is 3. The van der Waals surface area contributed by atoms with Gasteiger partial charge in [-0.25, -0.2) is 15.0 Å². The highest BCUT2D eigenvalue weighted by Crippen LogP contribution is 2.32. The van der Waals surface area contributed by atoms with Gasteiger partial charge in [0.15, 0.2) is 11.5 Å². The number of aromatic amines is 1. The Morgan fingerprint density at radius 2 is 2.05 bits per heavy atom. The number of hydrogen-bond donors (Lipinski definition) is 2. The van der Waals surface area contributed by atoms with Crippen LogP contribution < -0.4 is 5.32 Å². The van der Waals surface area contributed by atoms with E-state index >= 15 is 0 Å². The molecule has 0 bridgehead atoms. The number of benzene rings is 1. The number of aryl methyl sites for hydroxylation is 2. The highest BCUT2D eigenvalue weighted by atomic mass is 16.6.